The van der Waals surface area contributed by atoms with Crippen molar-refractivity contribution in [3.8, 4) is 0 Å². The number of hydrogen-bond acceptors (Lipinski definition) is 6. The number of rotatable bonds is 11. The molecule has 6 N–H and O–H groups in total. The lowest BCUT2D eigenvalue weighted by atomic mass is 9.98. The first-order chi connectivity index (χ1) is 14.4. The molecule has 0 saturated carbocycles. The van der Waals surface area contributed by atoms with Gasteiger partial charge >= 0.3 is 11.9 Å². The highest BCUT2D eigenvalue weighted by atomic mass is 16.4. The Hall–Kier alpha value is -2.69. The second-order valence-corrected chi connectivity index (χ2v) is 8.33. The summed E-state index contributed by atoms with van der Waals surface area (Å²) in [6.07, 6.45) is 0.674. The van der Waals surface area contributed by atoms with Crippen molar-refractivity contribution >= 4 is 29.7 Å². The lowest BCUT2D eigenvalue weighted by molar-refractivity contribution is -0.145. The molecule has 0 aromatic rings. The van der Waals surface area contributed by atoms with Gasteiger partial charge in [0.2, 0.25) is 17.7 Å². The Bertz CT molecular complexity index is 697. The van der Waals surface area contributed by atoms with Crippen LogP contribution in [0.2, 0.25) is 0 Å². The van der Waals surface area contributed by atoms with Crippen molar-refractivity contribution in [3.63, 3.8) is 0 Å². The van der Waals surface area contributed by atoms with Gasteiger partial charge in [-0.1, -0.05) is 34.1 Å². The summed E-state index contributed by atoms with van der Waals surface area (Å²) in [5, 5.41) is 23.2. The zero-order valence-corrected chi connectivity index (χ0v) is 18.5. The Labute approximate surface area is 181 Å². The fourth-order valence-corrected chi connectivity index (χ4v) is 3.37. The highest BCUT2D eigenvalue weighted by molar-refractivity contribution is 5.95. The average Bonchev–Trinajstić information content (AvgIpc) is 3.18. The van der Waals surface area contributed by atoms with Crippen LogP contribution in [0.4, 0.5) is 0 Å². The number of nitrogens with zero attached hydrogens (tertiary/aromatic N) is 1. The maximum absolute atomic E-state index is 12.8. The van der Waals surface area contributed by atoms with Crippen LogP contribution in [0.25, 0.3) is 0 Å². The van der Waals surface area contributed by atoms with Crippen LogP contribution < -0.4 is 16.4 Å². The van der Waals surface area contributed by atoms with E-state index in [4.69, 9.17) is 10.8 Å². The number of likely N-dealkylation sites (tertiary alicyclic amines) is 1. The molecular formula is C20H34N4O7. The summed E-state index contributed by atoms with van der Waals surface area (Å²) in [7, 11) is 0. The van der Waals surface area contributed by atoms with Crippen molar-refractivity contribution in [2.75, 3.05) is 6.54 Å². The summed E-state index contributed by atoms with van der Waals surface area (Å²) in [6, 6.07) is -4.35. The van der Waals surface area contributed by atoms with Crippen molar-refractivity contribution in [3.05, 3.63) is 0 Å². The minimum absolute atomic E-state index is 0.129. The number of aliphatic carboxylic acids is 2. The highest BCUT2D eigenvalue weighted by Gasteiger charge is 2.39. The van der Waals surface area contributed by atoms with Gasteiger partial charge in [-0.15, -0.1) is 0 Å². The zero-order valence-electron chi connectivity index (χ0n) is 18.5. The Balaban J connectivity index is 2.96. The molecule has 0 spiro atoms. The maximum Gasteiger partial charge on any atom is 0.326 e. The summed E-state index contributed by atoms with van der Waals surface area (Å²) < 4.78 is 0. The van der Waals surface area contributed by atoms with Crippen LogP contribution in [0.5, 0.6) is 0 Å². The van der Waals surface area contributed by atoms with Gasteiger partial charge in [0.05, 0.1) is 12.5 Å². The summed E-state index contributed by atoms with van der Waals surface area (Å²) >= 11 is 0. The first kappa shape index (κ1) is 26.3. The van der Waals surface area contributed by atoms with E-state index in [1.54, 1.807) is 27.7 Å². The molecule has 5 atom stereocenters. The molecule has 3 amide bonds. The first-order valence-corrected chi connectivity index (χ1v) is 10.5. The molecule has 1 fully saturated rings. The number of carbonyl (C=O) groups is 5. The van der Waals surface area contributed by atoms with Gasteiger partial charge < -0.3 is 31.5 Å². The van der Waals surface area contributed by atoms with Crippen LogP contribution in [-0.2, 0) is 24.0 Å². The number of carboxylic acid groups (broad SMARTS) is 2. The summed E-state index contributed by atoms with van der Waals surface area (Å²) in [6.45, 7) is 7.32. The summed E-state index contributed by atoms with van der Waals surface area (Å²) in [4.78, 5) is 62.1. The Kier molecular flexibility index (Phi) is 9.89. The van der Waals surface area contributed by atoms with E-state index in [2.05, 4.69) is 10.6 Å². The standard InChI is InChI=1S/C20H34N4O7/c1-5-11(4)16(20(30)31)23-17(27)12(9-14(25)26)22-18(28)13-7-6-8-24(13)19(29)15(21)10(2)3/h10-13,15-16H,5-9,21H2,1-4H3,(H,22,28)(H,23,27)(H,25,26)(H,30,31). The van der Waals surface area contributed by atoms with Gasteiger partial charge in [-0.3, -0.25) is 19.2 Å². The van der Waals surface area contributed by atoms with Gasteiger partial charge in [0.15, 0.2) is 0 Å². The number of hydrogen-bond donors (Lipinski definition) is 5. The molecule has 0 aliphatic carbocycles. The fourth-order valence-electron chi connectivity index (χ4n) is 3.37. The van der Waals surface area contributed by atoms with Crippen molar-refractivity contribution < 1.29 is 34.2 Å². The monoisotopic (exact) mass is 442 g/mol. The fraction of sp³-hybridized carbons (Fsp3) is 0.750. The number of nitrogens with one attached hydrogen (secondary N) is 2. The zero-order chi connectivity index (χ0) is 23.9. The second kappa shape index (κ2) is 11.6. The molecule has 176 valence electrons. The van der Waals surface area contributed by atoms with Gasteiger partial charge in [-0.2, -0.15) is 0 Å². The van der Waals surface area contributed by atoms with Crippen molar-refractivity contribution in [2.45, 2.75) is 77.5 Å². The smallest absolute Gasteiger partial charge is 0.326 e. The van der Waals surface area contributed by atoms with Gasteiger partial charge in [-0.05, 0) is 24.7 Å². The molecule has 0 radical (unpaired) electrons. The van der Waals surface area contributed by atoms with Crippen LogP contribution in [0.3, 0.4) is 0 Å². The topological polar surface area (TPSA) is 179 Å². The molecule has 1 aliphatic rings. The van der Waals surface area contributed by atoms with E-state index < -0.39 is 60.3 Å². The summed E-state index contributed by atoms with van der Waals surface area (Å²) in [5.41, 5.74) is 5.92. The molecule has 31 heavy (non-hydrogen) atoms. The lowest BCUT2D eigenvalue weighted by Crippen LogP contribution is -2.58. The largest absolute Gasteiger partial charge is 0.481 e. The van der Waals surface area contributed by atoms with Crippen LogP contribution >= 0.6 is 0 Å². The third kappa shape index (κ3) is 7.20. The van der Waals surface area contributed by atoms with E-state index in [9.17, 15) is 29.1 Å². The minimum Gasteiger partial charge on any atom is -0.481 e. The molecule has 0 bridgehead atoms. The van der Waals surface area contributed by atoms with Gasteiger partial charge in [0, 0.05) is 6.54 Å². The Morgan fingerprint density at radius 2 is 1.71 bits per heavy atom. The molecular weight excluding hydrogens is 408 g/mol. The van der Waals surface area contributed by atoms with Crippen molar-refractivity contribution in [2.24, 2.45) is 17.6 Å². The Morgan fingerprint density at radius 1 is 1.10 bits per heavy atom. The van der Waals surface area contributed by atoms with Gasteiger partial charge in [0.25, 0.3) is 0 Å². The number of carboxylic acids is 2. The van der Waals surface area contributed by atoms with E-state index in [1.807, 2.05) is 0 Å². The van der Waals surface area contributed by atoms with Gasteiger partial charge in [0.1, 0.15) is 18.1 Å². The molecule has 11 nitrogen and oxygen atoms in total. The predicted octanol–water partition coefficient (Wildman–Crippen LogP) is -0.464. The summed E-state index contributed by atoms with van der Waals surface area (Å²) in [5.74, 6) is -5.07. The predicted molar refractivity (Wildman–Crippen MR) is 111 cm³/mol. The van der Waals surface area contributed by atoms with E-state index in [0.29, 0.717) is 25.8 Å². The third-order valence-corrected chi connectivity index (χ3v) is 5.63. The van der Waals surface area contributed by atoms with Crippen LogP contribution in [-0.4, -0.2) is 75.5 Å². The first-order valence-electron chi connectivity index (χ1n) is 10.5. The van der Waals surface area contributed by atoms with E-state index in [-0.39, 0.29) is 11.8 Å². The van der Waals surface area contributed by atoms with Crippen LogP contribution in [0.1, 0.15) is 53.4 Å². The number of carbonyl (C=O) groups excluding carboxylic acids is 3. The highest BCUT2D eigenvalue weighted by Crippen LogP contribution is 2.20. The lowest BCUT2D eigenvalue weighted by Gasteiger charge is -2.29. The van der Waals surface area contributed by atoms with Crippen LogP contribution in [0, 0.1) is 11.8 Å². The Morgan fingerprint density at radius 3 is 2.19 bits per heavy atom. The number of amides is 3. The molecule has 1 heterocycles. The number of nitrogens with two attached hydrogens (primary N) is 1. The molecule has 0 aromatic heterocycles. The van der Waals surface area contributed by atoms with E-state index >= 15 is 0 Å². The molecule has 1 aliphatic heterocycles. The third-order valence-electron chi connectivity index (χ3n) is 5.63. The van der Waals surface area contributed by atoms with E-state index in [0.717, 1.165) is 0 Å². The second-order valence-electron chi connectivity index (χ2n) is 8.33. The molecule has 1 saturated heterocycles. The maximum atomic E-state index is 12.8. The molecule has 0 aromatic carbocycles. The molecule has 1 rings (SSSR count). The normalized spacial score (nSPS) is 19.9. The average molecular weight is 443 g/mol. The van der Waals surface area contributed by atoms with Crippen molar-refractivity contribution in [1.82, 2.24) is 15.5 Å². The van der Waals surface area contributed by atoms with Gasteiger partial charge in [-0.25, -0.2) is 4.79 Å². The van der Waals surface area contributed by atoms with Crippen LogP contribution in [0.15, 0.2) is 0 Å². The minimum atomic E-state index is -1.48. The van der Waals surface area contributed by atoms with Crippen molar-refractivity contribution in [1.29, 1.82) is 0 Å². The SMILES string of the molecule is CCC(C)C(NC(=O)C(CC(=O)O)NC(=O)C1CCCN1C(=O)C(N)C(C)C)C(=O)O. The molecule has 11 heteroatoms. The van der Waals surface area contributed by atoms with E-state index in [1.165, 1.54) is 4.90 Å². The molecule has 5 unspecified atom stereocenters. The quantitative estimate of drug-likeness (QED) is 0.285.